The van der Waals surface area contributed by atoms with Gasteiger partial charge in [-0.3, -0.25) is 0 Å². The molecular formula is C19H16S. The number of thiocarbonyl (C=S) groups is 1. The second kappa shape index (κ2) is 5.98. The minimum atomic E-state index is 0.873. The van der Waals surface area contributed by atoms with E-state index in [1.165, 1.54) is 22.3 Å². The molecule has 0 aliphatic heterocycles. The first-order valence-corrected chi connectivity index (χ1v) is 7.27. The van der Waals surface area contributed by atoms with Crippen molar-refractivity contribution < 1.29 is 0 Å². The molecule has 98 valence electrons. The van der Waals surface area contributed by atoms with Gasteiger partial charge in [-0.25, -0.2) is 0 Å². The van der Waals surface area contributed by atoms with Gasteiger partial charge in [0.15, 0.2) is 0 Å². The first kappa shape index (κ1) is 13.0. The van der Waals surface area contributed by atoms with Crippen molar-refractivity contribution in [2.45, 2.75) is 12.8 Å². The number of hydrogen-bond acceptors (Lipinski definition) is 1. The molecule has 0 heterocycles. The van der Waals surface area contributed by atoms with E-state index in [0.29, 0.717) is 0 Å². The standard InChI is InChI=1S/C19H16S/c20-18-11-12-19(16-9-5-2-6-10-16)17(14-18)13-15-7-3-1-4-8-15/h1-10,12,14H,11,13H2. The van der Waals surface area contributed by atoms with Crippen molar-refractivity contribution in [1.82, 2.24) is 0 Å². The summed E-state index contributed by atoms with van der Waals surface area (Å²) in [5.74, 6) is 0. The van der Waals surface area contributed by atoms with Crippen LogP contribution in [0.25, 0.3) is 5.57 Å². The fourth-order valence-corrected chi connectivity index (χ4v) is 2.77. The number of rotatable bonds is 3. The van der Waals surface area contributed by atoms with Gasteiger partial charge in [-0.2, -0.15) is 0 Å². The Kier molecular flexibility index (Phi) is 3.89. The highest BCUT2D eigenvalue weighted by Crippen LogP contribution is 2.29. The lowest BCUT2D eigenvalue weighted by Crippen LogP contribution is -2.04. The van der Waals surface area contributed by atoms with Gasteiger partial charge in [0.1, 0.15) is 0 Å². The van der Waals surface area contributed by atoms with E-state index < -0.39 is 0 Å². The van der Waals surface area contributed by atoms with Gasteiger partial charge in [-0.1, -0.05) is 79.0 Å². The van der Waals surface area contributed by atoms with Crippen molar-refractivity contribution in [3.63, 3.8) is 0 Å². The Bertz CT molecular complexity index is 663. The molecule has 0 bridgehead atoms. The summed E-state index contributed by atoms with van der Waals surface area (Å²) in [4.78, 5) is 1.02. The lowest BCUT2D eigenvalue weighted by molar-refractivity contribution is 1.19. The minimum absolute atomic E-state index is 0.873. The van der Waals surface area contributed by atoms with E-state index in [0.717, 1.165) is 17.7 Å². The average molecular weight is 276 g/mol. The van der Waals surface area contributed by atoms with Crippen molar-refractivity contribution in [2.24, 2.45) is 0 Å². The van der Waals surface area contributed by atoms with Crippen molar-refractivity contribution in [2.75, 3.05) is 0 Å². The summed E-state index contributed by atoms with van der Waals surface area (Å²) in [6.45, 7) is 0. The number of hydrogen-bond donors (Lipinski definition) is 0. The van der Waals surface area contributed by atoms with E-state index in [-0.39, 0.29) is 0 Å². The Hall–Kier alpha value is -1.99. The zero-order chi connectivity index (χ0) is 13.8. The van der Waals surface area contributed by atoms with Gasteiger partial charge < -0.3 is 0 Å². The molecule has 0 amide bonds. The molecule has 0 unspecified atom stereocenters. The smallest absolute Gasteiger partial charge is 0.0193 e. The molecule has 0 N–H and O–H groups in total. The average Bonchev–Trinajstić information content (AvgIpc) is 2.49. The van der Waals surface area contributed by atoms with Gasteiger partial charge in [0.05, 0.1) is 0 Å². The van der Waals surface area contributed by atoms with Crippen LogP contribution in [0.4, 0.5) is 0 Å². The SMILES string of the molecule is S=C1C=C(Cc2ccccc2)C(c2ccccc2)=CC1. The zero-order valence-corrected chi connectivity index (χ0v) is 12.1. The van der Waals surface area contributed by atoms with E-state index in [4.69, 9.17) is 12.2 Å². The monoisotopic (exact) mass is 276 g/mol. The summed E-state index contributed by atoms with van der Waals surface area (Å²) in [5, 5.41) is 0. The highest BCUT2D eigenvalue weighted by molar-refractivity contribution is 7.80. The van der Waals surface area contributed by atoms with Gasteiger partial charge in [-0.15, -0.1) is 0 Å². The van der Waals surface area contributed by atoms with Crippen LogP contribution in [-0.4, -0.2) is 4.86 Å². The highest BCUT2D eigenvalue weighted by Gasteiger charge is 2.13. The van der Waals surface area contributed by atoms with Gasteiger partial charge in [0.25, 0.3) is 0 Å². The molecule has 0 atom stereocenters. The van der Waals surface area contributed by atoms with Gasteiger partial charge >= 0.3 is 0 Å². The number of benzene rings is 2. The van der Waals surface area contributed by atoms with E-state index in [1.807, 2.05) is 0 Å². The molecule has 1 aliphatic carbocycles. The van der Waals surface area contributed by atoms with Gasteiger partial charge in [0, 0.05) is 11.3 Å². The normalized spacial score (nSPS) is 14.7. The predicted molar refractivity (Wildman–Crippen MR) is 89.9 cm³/mol. The molecule has 1 heteroatoms. The Morgan fingerprint density at radius 2 is 1.50 bits per heavy atom. The Morgan fingerprint density at radius 3 is 2.20 bits per heavy atom. The summed E-state index contributed by atoms with van der Waals surface area (Å²) in [6, 6.07) is 21.1. The molecule has 0 aromatic heterocycles. The second-order valence-corrected chi connectivity index (χ2v) is 5.51. The first-order valence-electron chi connectivity index (χ1n) is 6.86. The third kappa shape index (κ3) is 2.94. The fourth-order valence-electron chi connectivity index (χ4n) is 2.55. The molecule has 20 heavy (non-hydrogen) atoms. The topological polar surface area (TPSA) is 0 Å². The lowest BCUT2D eigenvalue weighted by atomic mass is 9.88. The maximum atomic E-state index is 5.38. The zero-order valence-electron chi connectivity index (χ0n) is 11.3. The molecule has 0 fully saturated rings. The van der Waals surface area contributed by atoms with Crippen LogP contribution in [0.2, 0.25) is 0 Å². The molecule has 0 radical (unpaired) electrons. The molecule has 0 saturated carbocycles. The summed E-state index contributed by atoms with van der Waals surface area (Å²) < 4.78 is 0. The largest absolute Gasteiger partial charge is 0.0846 e. The maximum absolute atomic E-state index is 5.38. The van der Waals surface area contributed by atoms with Crippen LogP contribution in [0.15, 0.2) is 78.4 Å². The third-order valence-electron chi connectivity index (χ3n) is 3.51. The molecule has 0 nitrogen and oxygen atoms in total. The predicted octanol–water partition coefficient (Wildman–Crippen LogP) is 5.01. The number of allylic oxidation sites excluding steroid dienone is 4. The van der Waals surface area contributed by atoms with Crippen LogP contribution in [0.3, 0.4) is 0 Å². The van der Waals surface area contributed by atoms with Crippen LogP contribution in [0, 0.1) is 0 Å². The molecule has 2 aromatic rings. The molecular weight excluding hydrogens is 260 g/mol. The van der Waals surface area contributed by atoms with Crippen LogP contribution in [0.5, 0.6) is 0 Å². The van der Waals surface area contributed by atoms with Crippen LogP contribution in [0.1, 0.15) is 17.5 Å². The van der Waals surface area contributed by atoms with Crippen LogP contribution >= 0.6 is 12.2 Å². The quantitative estimate of drug-likeness (QED) is 0.710. The maximum Gasteiger partial charge on any atom is 0.0193 e. The highest BCUT2D eigenvalue weighted by atomic mass is 32.1. The van der Waals surface area contributed by atoms with Crippen LogP contribution in [-0.2, 0) is 6.42 Å². The molecule has 3 rings (SSSR count). The van der Waals surface area contributed by atoms with Gasteiger partial charge in [-0.05, 0) is 34.8 Å². The summed E-state index contributed by atoms with van der Waals surface area (Å²) in [7, 11) is 0. The van der Waals surface area contributed by atoms with E-state index in [2.05, 4.69) is 72.8 Å². The van der Waals surface area contributed by atoms with Gasteiger partial charge in [0.2, 0.25) is 0 Å². The molecule has 0 spiro atoms. The van der Waals surface area contributed by atoms with E-state index >= 15 is 0 Å². The van der Waals surface area contributed by atoms with E-state index in [9.17, 15) is 0 Å². The summed E-state index contributed by atoms with van der Waals surface area (Å²) in [6.07, 6.45) is 6.24. The summed E-state index contributed by atoms with van der Waals surface area (Å²) >= 11 is 5.38. The molecule has 1 aliphatic rings. The minimum Gasteiger partial charge on any atom is -0.0846 e. The van der Waals surface area contributed by atoms with Crippen LogP contribution < -0.4 is 0 Å². The van der Waals surface area contributed by atoms with Crippen molar-refractivity contribution in [1.29, 1.82) is 0 Å². The molecule has 0 saturated heterocycles. The van der Waals surface area contributed by atoms with E-state index in [1.54, 1.807) is 0 Å². The summed E-state index contributed by atoms with van der Waals surface area (Å²) in [5.41, 5.74) is 5.24. The van der Waals surface area contributed by atoms with Crippen molar-refractivity contribution >= 4 is 22.7 Å². The lowest BCUT2D eigenvalue weighted by Gasteiger charge is -2.17. The third-order valence-corrected chi connectivity index (χ3v) is 3.80. The van der Waals surface area contributed by atoms with Crippen molar-refractivity contribution in [3.05, 3.63) is 89.5 Å². The van der Waals surface area contributed by atoms with Crippen molar-refractivity contribution in [3.8, 4) is 0 Å². The molecule has 2 aromatic carbocycles. The first-order chi connectivity index (χ1) is 9.83. The Balaban J connectivity index is 1.93. The Morgan fingerprint density at radius 1 is 0.850 bits per heavy atom. The Labute approximate surface area is 125 Å². The fraction of sp³-hybridized carbons (Fsp3) is 0.105. The second-order valence-electron chi connectivity index (χ2n) is 4.99.